The van der Waals surface area contributed by atoms with Gasteiger partial charge in [-0.25, -0.2) is 0 Å². The molecule has 0 saturated heterocycles. The molecule has 0 bridgehead atoms. The Labute approximate surface area is 91.6 Å². The van der Waals surface area contributed by atoms with E-state index in [2.05, 4.69) is 11.6 Å². The molecule has 0 saturated carbocycles. The second kappa shape index (κ2) is 4.57. The van der Waals surface area contributed by atoms with Crippen LogP contribution in [0.15, 0.2) is 29.2 Å². The fourth-order valence-electron chi connectivity index (χ4n) is 1.47. The highest BCUT2D eigenvalue weighted by atomic mass is 16.6. The van der Waals surface area contributed by atoms with Crippen LogP contribution in [0.2, 0.25) is 0 Å². The third kappa shape index (κ3) is 2.08. The fraction of sp³-hybridized carbons (Fsp3) is 0.182. The maximum atomic E-state index is 11.5. The standard InChI is InChI=1S/C11H12N2O3/c1-4-8-9(5-6-12-11(8)14)10(7(2)3)13(15)16/h4-6H,2H2,1,3H3,(H,12,14)/b8-4?,10-9+. The van der Waals surface area contributed by atoms with Gasteiger partial charge < -0.3 is 4.98 Å². The number of nitro groups is 1. The minimum Gasteiger partial charge on any atom is -0.329 e. The third-order valence-electron chi connectivity index (χ3n) is 2.13. The van der Waals surface area contributed by atoms with E-state index in [1.54, 1.807) is 19.9 Å². The minimum absolute atomic E-state index is 0.126. The molecule has 0 aliphatic rings. The number of aromatic amines is 1. The van der Waals surface area contributed by atoms with Gasteiger partial charge in [-0.1, -0.05) is 12.7 Å². The normalized spacial score (nSPS) is 13.5. The zero-order chi connectivity index (χ0) is 12.3. The van der Waals surface area contributed by atoms with Crippen molar-refractivity contribution in [1.29, 1.82) is 0 Å². The second-order valence-electron chi connectivity index (χ2n) is 3.31. The number of nitrogens with zero attached hydrogens (tertiary/aromatic N) is 1. The summed E-state index contributed by atoms with van der Waals surface area (Å²) in [5, 5.41) is 11.5. The van der Waals surface area contributed by atoms with E-state index < -0.39 is 4.92 Å². The van der Waals surface area contributed by atoms with E-state index in [1.165, 1.54) is 12.3 Å². The van der Waals surface area contributed by atoms with Gasteiger partial charge in [-0.05, 0) is 19.9 Å². The summed E-state index contributed by atoms with van der Waals surface area (Å²) in [7, 11) is 0. The van der Waals surface area contributed by atoms with Gasteiger partial charge in [0.05, 0.1) is 10.1 Å². The van der Waals surface area contributed by atoms with E-state index in [0.717, 1.165) is 0 Å². The molecule has 0 aliphatic carbocycles. The second-order valence-corrected chi connectivity index (χ2v) is 3.31. The molecule has 1 heterocycles. The maximum absolute atomic E-state index is 11.5. The molecule has 0 amide bonds. The molecule has 1 aromatic heterocycles. The molecule has 0 radical (unpaired) electrons. The molecular formula is C11H12N2O3. The molecule has 5 nitrogen and oxygen atoms in total. The van der Waals surface area contributed by atoms with E-state index in [0.29, 0.717) is 10.8 Å². The van der Waals surface area contributed by atoms with Crippen LogP contribution in [0.1, 0.15) is 13.8 Å². The topological polar surface area (TPSA) is 76.0 Å². The summed E-state index contributed by atoms with van der Waals surface area (Å²) >= 11 is 0. The molecule has 0 aliphatic heterocycles. The van der Waals surface area contributed by atoms with Crippen LogP contribution in [0.25, 0.3) is 11.8 Å². The van der Waals surface area contributed by atoms with Crippen molar-refractivity contribution in [1.82, 2.24) is 4.98 Å². The SMILES string of the molecule is C=C(C)/C(=c1/cc[nH]c(=O)c1=CC)[N+](=O)[O-]. The molecular weight excluding hydrogens is 208 g/mol. The first kappa shape index (κ1) is 11.9. The minimum atomic E-state index is -0.524. The Kier molecular flexibility index (Phi) is 3.40. The van der Waals surface area contributed by atoms with Crippen molar-refractivity contribution in [2.24, 2.45) is 0 Å². The van der Waals surface area contributed by atoms with E-state index in [-0.39, 0.29) is 16.5 Å². The van der Waals surface area contributed by atoms with Crippen molar-refractivity contribution in [3.63, 3.8) is 0 Å². The Morgan fingerprint density at radius 1 is 1.62 bits per heavy atom. The molecule has 0 atom stereocenters. The molecule has 1 rings (SSSR count). The van der Waals surface area contributed by atoms with Crippen LogP contribution >= 0.6 is 0 Å². The first-order valence-electron chi connectivity index (χ1n) is 4.67. The van der Waals surface area contributed by atoms with Gasteiger partial charge in [0.1, 0.15) is 0 Å². The summed E-state index contributed by atoms with van der Waals surface area (Å²) in [5.41, 5.74) is -0.154. The third-order valence-corrected chi connectivity index (χ3v) is 2.13. The Morgan fingerprint density at radius 3 is 2.69 bits per heavy atom. The number of H-pyrrole nitrogens is 1. The molecule has 0 fully saturated rings. The molecule has 0 spiro atoms. The van der Waals surface area contributed by atoms with Crippen molar-refractivity contribution in [3.8, 4) is 0 Å². The molecule has 1 aromatic rings. The molecule has 16 heavy (non-hydrogen) atoms. The number of rotatable bonds is 2. The van der Waals surface area contributed by atoms with E-state index >= 15 is 0 Å². The number of hydrogen-bond donors (Lipinski definition) is 1. The van der Waals surface area contributed by atoms with Gasteiger partial charge in [0, 0.05) is 17.0 Å². The van der Waals surface area contributed by atoms with Crippen molar-refractivity contribution in [2.45, 2.75) is 13.8 Å². The number of nitrogens with one attached hydrogen (secondary N) is 1. The highest BCUT2D eigenvalue weighted by Gasteiger charge is 2.13. The summed E-state index contributed by atoms with van der Waals surface area (Å²) in [6, 6.07) is 1.50. The van der Waals surface area contributed by atoms with E-state index in [1.807, 2.05) is 0 Å². The predicted molar refractivity (Wildman–Crippen MR) is 61.7 cm³/mol. The smallest absolute Gasteiger partial charge is 0.279 e. The van der Waals surface area contributed by atoms with Gasteiger partial charge in [0.15, 0.2) is 0 Å². The monoisotopic (exact) mass is 220 g/mol. The van der Waals surface area contributed by atoms with Crippen molar-refractivity contribution in [3.05, 3.63) is 55.3 Å². The molecule has 0 unspecified atom stereocenters. The molecule has 1 N–H and O–H groups in total. The van der Waals surface area contributed by atoms with Gasteiger partial charge in [-0.2, -0.15) is 0 Å². The van der Waals surface area contributed by atoms with Crippen LogP contribution in [-0.2, 0) is 0 Å². The zero-order valence-corrected chi connectivity index (χ0v) is 9.11. The van der Waals surface area contributed by atoms with Crippen LogP contribution < -0.4 is 16.0 Å². The van der Waals surface area contributed by atoms with Crippen LogP contribution in [0, 0.1) is 10.1 Å². The molecule has 84 valence electrons. The summed E-state index contributed by atoms with van der Waals surface area (Å²) in [6.07, 6.45) is 2.93. The Hall–Kier alpha value is -2.17. The van der Waals surface area contributed by atoms with Gasteiger partial charge >= 0.3 is 0 Å². The van der Waals surface area contributed by atoms with Gasteiger partial charge in [0.25, 0.3) is 11.3 Å². The van der Waals surface area contributed by atoms with Gasteiger partial charge in [-0.3, -0.25) is 14.9 Å². The lowest BCUT2D eigenvalue weighted by Crippen LogP contribution is -2.42. The predicted octanol–water partition coefficient (Wildman–Crippen LogP) is 0.136. The van der Waals surface area contributed by atoms with Gasteiger partial charge in [-0.15, -0.1) is 0 Å². The van der Waals surface area contributed by atoms with Crippen molar-refractivity contribution in [2.75, 3.05) is 0 Å². The average Bonchev–Trinajstić information content (AvgIpc) is 2.16. The first-order valence-corrected chi connectivity index (χ1v) is 4.67. The van der Waals surface area contributed by atoms with Crippen LogP contribution in [0.4, 0.5) is 0 Å². The quantitative estimate of drug-likeness (QED) is 0.568. The Balaban J connectivity index is 3.98. The zero-order valence-electron chi connectivity index (χ0n) is 9.11. The van der Waals surface area contributed by atoms with Crippen molar-refractivity contribution < 1.29 is 4.92 Å². The molecule has 5 heteroatoms. The van der Waals surface area contributed by atoms with E-state index in [4.69, 9.17) is 0 Å². The average molecular weight is 220 g/mol. The number of hydrogen-bond acceptors (Lipinski definition) is 3. The largest absolute Gasteiger partial charge is 0.329 e. The van der Waals surface area contributed by atoms with Crippen LogP contribution in [0.5, 0.6) is 0 Å². The van der Waals surface area contributed by atoms with E-state index in [9.17, 15) is 14.9 Å². The summed E-state index contributed by atoms with van der Waals surface area (Å²) in [5.74, 6) is 0. The lowest BCUT2D eigenvalue weighted by atomic mass is 10.1. The lowest BCUT2D eigenvalue weighted by Gasteiger charge is -1.97. The fourth-order valence-corrected chi connectivity index (χ4v) is 1.47. The van der Waals surface area contributed by atoms with Crippen LogP contribution in [0.3, 0.4) is 0 Å². The highest BCUT2D eigenvalue weighted by molar-refractivity contribution is 5.54. The Morgan fingerprint density at radius 2 is 2.25 bits per heavy atom. The number of pyridine rings is 1. The van der Waals surface area contributed by atoms with Crippen LogP contribution in [-0.4, -0.2) is 9.91 Å². The Bertz CT molecular complexity index is 595. The first-order chi connectivity index (χ1) is 7.49. The summed E-state index contributed by atoms with van der Waals surface area (Å²) in [4.78, 5) is 24.3. The maximum Gasteiger partial charge on any atom is 0.279 e. The lowest BCUT2D eigenvalue weighted by molar-refractivity contribution is -0.376. The number of aromatic nitrogens is 1. The van der Waals surface area contributed by atoms with Crippen molar-refractivity contribution >= 4 is 11.8 Å². The molecule has 0 aromatic carbocycles. The summed E-state index contributed by atoms with van der Waals surface area (Å²) < 4.78 is 0. The summed E-state index contributed by atoms with van der Waals surface area (Å²) in [6.45, 7) is 6.75. The van der Waals surface area contributed by atoms with Gasteiger partial charge in [0.2, 0.25) is 0 Å². The highest BCUT2D eigenvalue weighted by Crippen LogP contribution is 2.04.